The Morgan fingerprint density at radius 3 is 0.845 bits per heavy atom. The molecule has 0 aromatic heterocycles. The van der Waals surface area contributed by atoms with Crippen LogP contribution in [0.2, 0.25) is 0 Å². The fourth-order valence-electron chi connectivity index (χ4n) is 9.40. The van der Waals surface area contributed by atoms with Crippen molar-refractivity contribution in [2.45, 2.75) is 348 Å². The van der Waals surface area contributed by atoms with Gasteiger partial charge in [-0.3, -0.25) is 14.4 Å². The van der Waals surface area contributed by atoms with Gasteiger partial charge in [-0.05, 0) is 51.4 Å². The van der Waals surface area contributed by atoms with Crippen molar-refractivity contribution in [2.24, 2.45) is 0 Å². The molecule has 6 heteroatoms. The molecule has 0 rings (SSSR count). The van der Waals surface area contributed by atoms with E-state index in [-0.39, 0.29) is 31.1 Å². The standard InChI is InChI=1S/C65H120O6/c1-4-7-10-13-16-19-22-25-28-30-31-32-33-35-38-40-43-46-49-52-55-58-64(67)70-61-62(71-65(68)59-56-53-50-47-44-41-36-27-24-21-18-15-12-9-6-3)60-69-63(66)57-54-51-48-45-42-39-37-34-29-26-23-20-17-14-11-8-5-2/h26,29,37,39,45,48,62H,4-25,27-28,30-36,38,40-44,46-47,49-61H2,1-3H3/b29-26-,39-37-,48-45-/t62-/m1/s1. The summed E-state index contributed by atoms with van der Waals surface area (Å²) in [5, 5.41) is 0. The minimum atomic E-state index is -0.788. The monoisotopic (exact) mass is 997 g/mol. The summed E-state index contributed by atoms with van der Waals surface area (Å²) in [5.74, 6) is -0.913. The molecule has 6 nitrogen and oxygen atoms in total. The van der Waals surface area contributed by atoms with Crippen LogP contribution in [0.1, 0.15) is 342 Å². The largest absolute Gasteiger partial charge is 0.462 e. The molecule has 71 heavy (non-hydrogen) atoms. The summed E-state index contributed by atoms with van der Waals surface area (Å²) in [6.07, 6.45) is 73.0. The lowest BCUT2D eigenvalue weighted by atomic mass is 10.0. The number of carbonyl (C=O) groups is 3. The highest BCUT2D eigenvalue weighted by Crippen LogP contribution is 2.18. The van der Waals surface area contributed by atoms with Crippen LogP contribution >= 0.6 is 0 Å². The summed E-state index contributed by atoms with van der Waals surface area (Å²) in [5.41, 5.74) is 0. The number of ether oxygens (including phenoxy) is 3. The summed E-state index contributed by atoms with van der Waals surface area (Å²) in [4.78, 5) is 38.2. The highest BCUT2D eigenvalue weighted by molar-refractivity contribution is 5.71. The second-order valence-electron chi connectivity index (χ2n) is 21.3. The maximum atomic E-state index is 12.9. The average Bonchev–Trinajstić information content (AvgIpc) is 3.37. The topological polar surface area (TPSA) is 78.9 Å². The van der Waals surface area contributed by atoms with E-state index in [1.54, 1.807) is 0 Å². The average molecular weight is 998 g/mol. The van der Waals surface area contributed by atoms with Crippen molar-refractivity contribution >= 4 is 17.9 Å². The van der Waals surface area contributed by atoms with Gasteiger partial charge in [-0.15, -0.1) is 0 Å². The Bertz CT molecular complexity index is 1190. The van der Waals surface area contributed by atoms with Crippen LogP contribution < -0.4 is 0 Å². The molecule has 1 atom stereocenters. The van der Waals surface area contributed by atoms with E-state index in [9.17, 15) is 14.4 Å². The molecule has 0 aromatic carbocycles. The first kappa shape index (κ1) is 68.6. The Hall–Kier alpha value is -2.37. The highest BCUT2D eigenvalue weighted by Gasteiger charge is 2.19. The van der Waals surface area contributed by atoms with E-state index in [1.165, 1.54) is 238 Å². The number of unbranched alkanes of at least 4 members (excludes halogenated alkanes) is 41. The third-order valence-electron chi connectivity index (χ3n) is 14.1. The highest BCUT2D eigenvalue weighted by atomic mass is 16.6. The molecule has 416 valence electrons. The van der Waals surface area contributed by atoms with Gasteiger partial charge in [-0.25, -0.2) is 0 Å². The van der Waals surface area contributed by atoms with Crippen LogP contribution in [-0.4, -0.2) is 37.2 Å². The molecule has 0 amide bonds. The number of hydrogen-bond acceptors (Lipinski definition) is 6. The third kappa shape index (κ3) is 58.4. The molecule has 0 saturated carbocycles. The fourth-order valence-corrected chi connectivity index (χ4v) is 9.40. The van der Waals surface area contributed by atoms with Crippen molar-refractivity contribution in [3.63, 3.8) is 0 Å². The lowest BCUT2D eigenvalue weighted by molar-refractivity contribution is -0.167. The third-order valence-corrected chi connectivity index (χ3v) is 14.1. The van der Waals surface area contributed by atoms with Gasteiger partial charge >= 0.3 is 17.9 Å². The van der Waals surface area contributed by atoms with Gasteiger partial charge < -0.3 is 14.2 Å². The van der Waals surface area contributed by atoms with Crippen LogP contribution in [0.3, 0.4) is 0 Å². The van der Waals surface area contributed by atoms with Crippen LogP contribution in [0.5, 0.6) is 0 Å². The molecule has 0 heterocycles. The van der Waals surface area contributed by atoms with Crippen molar-refractivity contribution < 1.29 is 28.6 Å². The van der Waals surface area contributed by atoms with Crippen LogP contribution in [0, 0.1) is 0 Å². The van der Waals surface area contributed by atoms with E-state index in [4.69, 9.17) is 14.2 Å². The first-order valence-electron chi connectivity index (χ1n) is 31.5. The predicted molar refractivity (Wildman–Crippen MR) is 307 cm³/mol. The zero-order valence-electron chi connectivity index (χ0n) is 47.8. The van der Waals surface area contributed by atoms with Crippen molar-refractivity contribution in [2.75, 3.05) is 13.2 Å². The van der Waals surface area contributed by atoms with E-state index in [0.717, 1.165) is 57.8 Å². The second kappa shape index (κ2) is 60.2. The molecule has 0 unspecified atom stereocenters. The molecule has 0 spiro atoms. The van der Waals surface area contributed by atoms with E-state index >= 15 is 0 Å². The van der Waals surface area contributed by atoms with Crippen molar-refractivity contribution in [1.29, 1.82) is 0 Å². The second-order valence-corrected chi connectivity index (χ2v) is 21.3. The summed E-state index contributed by atoms with van der Waals surface area (Å²) in [7, 11) is 0. The van der Waals surface area contributed by atoms with Gasteiger partial charge in [0.2, 0.25) is 0 Å². The van der Waals surface area contributed by atoms with E-state index in [0.29, 0.717) is 25.7 Å². The van der Waals surface area contributed by atoms with Crippen molar-refractivity contribution in [3.8, 4) is 0 Å². The van der Waals surface area contributed by atoms with Gasteiger partial charge in [-0.2, -0.15) is 0 Å². The van der Waals surface area contributed by atoms with Crippen LogP contribution in [0.25, 0.3) is 0 Å². The Labute approximate surface area is 442 Å². The molecule has 0 fully saturated rings. The Balaban J connectivity index is 4.35. The first-order valence-corrected chi connectivity index (χ1v) is 31.5. The Morgan fingerprint density at radius 1 is 0.282 bits per heavy atom. The molecule has 0 aliphatic rings. The Kier molecular flexibility index (Phi) is 58.2. The summed E-state index contributed by atoms with van der Waals surface area (Å²) >= 11 is 0. The SMILES string of the molecule is CCCCCCCC/C=C\C/C=C\C/C=C\CCCC(=O)OC[C@H](COC(=O)CCCCCCCCCCCCCCCCCCCCCCC)OC(=O)CCCCCCCCCCCCCCCCC. The summed E-state index contributed by atoms with van der Waals surface area (Å²) in [6, 6.07) is 0. The van der Waals surface area contributed by atoms with Crippen LogP contribution in [0.15, 0.2) is 36.5 Å². The number of hydrogen-bond donors (Lipinski definition) is 0. The normalized spacial score (nSPS) is 12.2. The minimum Gasteiger partial charge on any atom is -0.462 e. The zero-order chi connectivity index (χ0) is 51.4. The maximum Gasteiger partial charge on any atom is 0.306 e. The van der Waals surface area contributed by atoms with Gasteiger partial charge in [0, 0.05) is 19.3 Å². The van der Waals surface area contributed by atoms with Crippen molar-refractivity contribution in [3.05, 3.63) is 36.5 Å². The molecule has 0 aromatic rings. The summed E-state index contributed by atoms with van der Waals surface area (Å²) < 4.78 is 16.9. The number of carbonyl (C=O) groups excluding carboxylic acids is 3. The zero-order valence-corrected chi connectivity index (χ0v) is 47.8. The fraction of sp³-hybridized carbons (Fsp3) is 0.862. The predicted octanol–water partition coefficient (Wildman–Crippen LogP) is 21.2. The molecule has 0 bridgehead atoms. The quantitative estimate of drug-likeness (QED) is 0.0261. The molecular weight excluding hydrogens is 877 g/mol. The van der Waals surface area contributed by atoms with Crippen LogP contribution in [0.4, 0.5) is 0 Å². The maximum absolute atomic E-state index is 12.9. The lowest BCUT2D eigenvalue weighted by Crippen LogP contribution is -2.30. The molecule has 0 aliphatic carbocycles. The van der Waals surface area contributed by atoms with Gasteiger partial charge in [0.1, 0.15) is 13.2 Å². The number of allylic oxidation sites excluding steroid dienone is 6. The minimum absolute atomic E-state index is 0.0822. The first-order chi connectivity index (χ1) is 35.0. The van der Waals surface area contributed by atoms with Gasteiger partial charge in [0.15, 0.2) is 6.10 Å². The van der Waals surface area contributed by atoms with E-state index < -0.39 is 6.10 Å². The molecule has 0 saturated heterocycles. The molecule has 0 aliphatic heterocycles. The number of rotatable bonds is 58. The smallest absolute Gasteiger partial charge is 0.306 e. The molecule has 0 N–H and O–H groups in total. The van der Waals surface area contributed by atoms with Gasteiger partial charge in [0.25, 0.3) is 0 Å². The van der Waals surface area contributed by atoms with Gasteiger partial charge in [-0.1, -0.05) is 308 Å². The number of esters is 3. The van der Waals surface area contributed by atoms with Crippen molar-refractivity contribution in [1.82, 2.24) is 0 Å². The van der Waals surface area contributed by atoms with E-state index in [1.807, 2.05) is 0 Å². The van der Waals surface area contributed by atoms with E-state index in [2.05, 4.69) is 57.2 Å². The lowest BCUT2D eigenvalue weighted by Gasteiger charge is -2.18. The van der Waals surface area contributed by atoms with Gasteiger partial charge in [0.05, 0.1) is 0 Å². The summed E-state index contributed by atoms with van der Waals surface area (Å²) in [6.45, 7) is 6.65. The molecular formula is C65H120O6. The van der Waals surface area contributed by atoms with Crippen LogP contribution in [-0.2, 0) is 28.6 Å². The molecule has 0 radical (unpaired) electrons. The Morgan fingerprint density at radius 2 is 0.521 bits per heavy atom.